The fraction of sp³-hybridized carbons (Fsp3) is 0.316. The Labute approximate surface area is 166 Å². The Bertz CT molecular complexity index is 886. The molecule has 0 spiro atoms. The maximum atomic E-state index is 12.7. The van der Waals surface area contributed by atoms with Gasteiger partial charge < -0.3 is 20.1 Å². The van der Waals surface area contributed by atoms with Crippen LogP contribution in [0.5, 0.6) is 11.5 Å². The van der Waals surface area contributed by atoms with E-state index in [0.717, 1.165) is 12.0 Å². The highest BCUT2D eigenvalue weighted by atomic mass is 35.5. The number of alkyl halides is 1. The molecule has 2 N–H and O–H groups in total. The van der Waals surface area contributed by atoms with Crippen LogP contribution in [0.3, 0.4) is 0 Å². The van der Waals surface area contributed by atoms with Gasteiger partial charge in [0, 0.05) is 36.3 Å². The molecule has 0 saturated carbocycles. The monoisotopic (exact) mass is 405 g/mol. The van der Waals surface area contributed by atoms with Crippen molar-refractivity contribution in [3.63, 3.8) is 0 Å². The lowest BCUT2D eigenvalue weighted by molar-refractivity contribution is -0.384. The number of benzene rings is 2. The summed E-state index contributed by atoms with van der Waals surface area (Å²) in [6.45, 7) is 2.38. The highest BCUT2D eigenvalue weighted by Gasteiger charge is 2.19. The SMILES string of the molecule is CC[C@@H](CCl)Nc1ccc([N+](=O)[O-])cc1C(=O)NCc1ccc2c(c1)OCO2. The molecule has 148 valence electrons. The van der Waals surface area contributed by atoms with Crippen LogP contribution in [-0.4, -0.2) is 29.5 Å². The van der Waals surface area contributed by atoms with Crippen molar-refractivity contribution in [3.05, 3.63) is 57.6 Å². The standard InChI is InChI=1S/C19H20ClN3O5/c1-2-13(9-20)22-16-5-4-14(23(25)26)8-15(16)19(24)21-10-12-3-6-17-18(7-12)28-11-27-17/h3-8,13,22H,2,9-11H2,1H3,(H,21,24)/t13-/m0/s1. The molecule has 0 radical (unpaired) electrons. The van der Waals surface area contributed by atoms with Crippen LogP contribution in [0.1, 0.15) is 29.3 Å². The van der Waals surface area contributed by atoms with Crippen LogP contribution in [-0.2, 0) is 6.54 Å². The van der Waals surface area contributed by atoms with Gasteiger partial charge in [-0.05, 0) is 30.2 Å². The summed E-state index contributed by atoms with van der Waals surface area (Å²) in [6, 6.07) is 9.48. The third-order valence-corrected chi connectivity index (χ3v) is 4.76. The molecular weight excluding hydrogens is 386 g/mol. The topological polar surface area (TPSA) is 103 Å². The molecule has 2 aromatic rings. The highest BCUT2D eigenvalue weighted by Crippen LogP contribution is 2.32. The molecule has 1 amide bonds. The van der Waals surface area contributed by atoms with E-state index in [2.05, 4.69) is 10.6 Å². The molecule has 0 fully saturated rings. The normalized spacial score (nSPS) is 13.1. The Morgan fingerprint density at radius 2 is 2.04 bits per heavy atom. The van der Waals surface area contributed by atoms with Gasteiger partial charge in [0.1, 0.15) is 0 Å². The number of fused-ring (bicyclic) bond motifs is 1. The minimum atomic E-state index is -0.531. The van der Waals surface area contributed by atoms with Crippen molar-refractivity contribution < 1.29 is 19.2 Å². The number of nitro groups is 1. The molecule has 28 heavy (non-hydrogen) atoms. The first-order valence-electron chi connectivity index (χ1n) is 8.79. The fourth-order valence-corrected chi connectivity index (χ4v) is 3.05. The average molecular weight is 406 g/mol. The Hall–Kier alpha value is -3.00. The van der Waals surface area contributed by atoms with Crippen LogP contribution in [0.4, 0.5) is 11.4 Å². The van der Waals surface area contributed by atoms with Crippen LogP contribution >= 0.6 is 11.6 Å². The number of anilines is 1. The number of carbonyl (C=O) groups is 1. The molecule has 3 rings (SSSR count). The minimum Gasteiger partial charge on any atom is -0.454 e. The van der Waals surface area contributed by atoms with Crippen molar-refractivity contribution >= 4 is 28.9 Å². The van der Waals surface area contributed by atoms with E-state index in [0.29, 0.717) is 23.1 Å². The number of ether oxygens (including phenoxy) is 2. The zero-order valence-corrected chi connectivity index (χ0v) is 16.0. The molecule has 1 atom stereocenters. The van der Waals surface area contributed by atoms with Crippen molar-refractivity contribution in [3.8, 4) is 11.5 Å². The Balaban J connectivity index is 1.78. The lowest BCUT2D eigenvalue weighted by atomic mass is 10.1. The molecule has 1 aliphatic heterocycles. The van der Waals surface area contributed by atoms with E-state index in [4.69, 9.17) is 21.1 Å². The minimum absolute atomic E-state index is 0.0523. The summed E-state index contributed by atoms with van der Waals surface area (Å²) < 4.78 is 10.6. The Kier molecular flexibility index (Phi) is 6.20. The number of nitrogens with one attached hydrogen (secondary N) is 2. The number of nitro benzene ring substituents is 1. The lowest BCUT2D eigenvalue weighted by Crippen LogP contribution is -2.26. The second-order valence-electron chi connectivity index (χ2n) is 6.26. The van der Waals surface area contributed by atoms with E-state index in [1.807, 2.05) is 13.0 Å². The average Bonchev–Trinajstić information content (AvgIpc) is 3.18. The van der Waals surface area contributed by atoms with Crippen LogP contribution in [0, 0.1) is 10.1 Å². The summed E-state index contributed by atoms with van der Waals surface area (Å²) in [5.74, 6) is 1.21. The van der Waals surface area contributed by atoms with Gasteiger partial charge in [-0.1, -0.05) is 13.0 Å². The Morgan fingerprint density at radius 3 is 2.75 bits per heavy atom. The number of hydrogen-bond acceptors (Lipinski definition) is 6. The number of rotatable bonds is 8. The third kappa shape index (κ3) is 4.45. The van der Waals surface area contributed by atoms with Crippen molar-refractivity contribution in [2.45, 2.75) is 25.9 Å². The second-order valence-corrected chi connectivity index (χ2v) is 6.57. The zero-order valence-electron chi connectivity index (χ0n) is 15.2. The number of hydrogen-bond donors (Lipinski definition) is 2. The van der Waals surface area contributed by atoms with E-state index < -0.39 is 10.8 Å². The molecule has 0 saturated heterocycles. The molecule has 1 aliphatic rings. The van der Waals surface area contributed by atoms with E-state index in [1.165, 1.54) is 18.2 Å². The summed E-state index contributed by atoms with van der Waals surface area (Å²) in [7, 11) is 0. The highest BCUT2D eigenvalue weighted by molar-refractivity contribution is 6.18. The smallest absolute Gasteiger partial charge is 0.270 e. The van der Waals surface area contributed by atoms with E-state index in [-0.39, 0.29) is 30.6 Å². The molecular formula is C19H20ClN3O5. The zero-order chi connectivity index (χ0) is 20.1. The molecule has 1 heterocycles. The van der Waals surface area contributed by atoms with Gasteiger partial charge in [-0.3, -0.25) is 14.9 Å². The van der Waals surface area contributed by atoms with E-state index in [9.17, 15) is 14.9 Å². The molecule has 2 aromatic carbocycles. The maximum absolute atomic E-state index is 12.7. The van der Waals surface area contributed by atoms with Crippen LogP contribution in [0.25, 0.3) is 0 Å². The molecule has 0 aromatic heterocycles. The summed E-state index contributed by atoms with van der Waals surface area (Å²) in [4.78, 5) is 23.3. The Morgan fingerprint density at radius 1 is 1.25 bits per heavy atom. The van der Waals surface area contributed by atoms with Crippen molar-refractivity contribution in [2.24, 2.45) is 0 Å². The van der Waals surface area contributed by atoms with Gasteiger partial charge in [0.2, 0.25) is 6.79 Å². The van der Waals surface area contributed by atoms with Crippen molar-refractivity contribution in [1.82, 2.24) is 5.32 Å². The molecule has 8 nitrogen and oxygen atoms in total. The van der Waals surface area contributed by atoms with Gasteiger partial charge in [0.15, 0.2) is 11.5 Å². The molecule has 0 aliphatic carbocycles. The van der Waals surface area contributed by atoms with E-state index in [1.54, 1.807) is 12.1 Å². The van der Waals surface area contributed by atoms with Gasteiger partial charge >= 0.3 is 0 Å². The van der Waals surface area contributed by atoms with Gasteiger partial charge in [-0.15, -0.1) is 11.6 Å². The van der Waals surface area contributed by atoms with Gasteiger partial charge in [0.05, 0.1) is 10.5 Å². The summed E-state index contributed by atoms with van der Waals surface area (Å²) >= 11 is 5.93. The maximum Gasteiger partial charge on any atom is 0.270 e. The van der Waals surface area contributed by atoms with Crippen molar-refractivity contribution in [1.29, 1.82) is 0 Å². The lowest BCUT2D eigenvalue weighted by Gasteiger charge is -2.18. The predicted molar refractivity (Wildman–Crippen MR) is 105 cm³/mol. The number of amides is 1. The number of carbonyl (C=O) groups excluding carboxylic acids is 1. The second kappa shape index (κ2) is 8.79. The van der Waals surface area contributed by atoms with Crippen LogP contribution < -0.4 is 20.1 Å². The summed E-state index contributed by atoms with van der Waals surface area (Å²) in [5, 5.41) is 17.1. The van der Waals surface area contributed by atoms with Gasteiger partial charge in [0.25, 0.3) is 11.6 Å². The summed E-state index contributed by atoms with van der Waals surface area (Å²) in [6.07, 6.45) is 0.749. The molecule has 0 bridgehead atoms. The van der Waals surface area contributed by atoms with Crippen molar-refractivity contribution in [2.75, 3.05) is 18.0 Å². The quantitative estimate of drug-likeness (QED) is 0.394. The molecule has 0 unspecified atom stereocenters. The first-order valence-corrected chi connectivity index (χ1v) is 9.33. The van der Waals surface area contributed by atoms with Crippen LogP contribution in [0.2, 0.25) is 0 Å². The predicted octanol–water partition coefficient (Wildman–Crippen LogP) is 3.68. The van der Waals surface area contributed by atoms with E-state index >= 15 is 0 Å². The van der Waals surface area contributed by atoms with Crippen LogP contribution in [0.15, 0.2) is 36.4 Å². The fourth-order valence-electron chi connectivity index (χ4n) is 2.76. The van der Waals surface area contributed by atoms with Gasteiger partial charge in [-0.2, -0.15) is 0 Å². The third-order valence-electron chi connectivity index (χ3n) is 4.39. The first-order chi connectivity index (χ1) is 13.5. The number of non-ortho nitro benzene ring substituents is 1. The van der Waals surface area contributed by atoms with Gasteiger partial charge in [-0.25, -0.2) is 0 Å². The number of nitrogens with zero attached hydrogens (tertiary/aromatic N) is 1. The summed E-state index contributed by atoms with van der Waals surface area (Å²) in [5.41, 5.74) is 1.36. The largest absolute Gasteiger partial charge is 0.454 e. The molecule has 9 heteroatoms. The first kappa shape index (κ1) is 19.8. The number of halogens is 1.